The van der Waals surface area contributed by atoms with Crippen molar-refractivity contribution in [1.82, 2.24) is 0 Å². The molecule has 0 heterocycles. The molecule has 0 spiro atoms. The molecule has 2 aromatic rings. The highest BCUT2D eigenvalue weighted by Crippen LogP contribution is 2.39. The minimum absolute atomic E-state index is 0.144. The number of hydrogen-bond donors (Lipinski definition) is 3. The van der Waals surface area contributed by atoms with Crippen LogP contribution in [0.2, 0.25) is 0 Å². The summed E-state index contributed by atoms with van der Waals surface area (Å²) in [7, 11) is 0. The summed E-state index contributed by atoms with van der Waals surface area (Å²) in [6.07, 6.45) is 0.134. The lowest BCUT2D eigenvalue weighted by Gasteiger charge is -2.28. The lowest BCUT2D eigenvalue weighted by Crippen LogP contribution is -2.21. The third kappa shape index (κ3) is 7.91. The summed E-state index contributed by atoms with van der Waals surface area (Å²) in [5, 5.41) is 28.9. The van der Waals surface area contributed by atoms with E-state index in [9.17, 15) is 15.3 Å². The van der Waals surface area contributed by atoms with Crippen molar-refractivity contribution in [2.24, 2.45) is 0 Å². The van der Waals surface area contributed by atoms with Gasteiger partial charge in [0, 0.05) is 5.41 Å². The lowest BCUT2D eigenvalue weighted by molar-refractivity contribution is 0.107. The second-order valence-corrected chi connectivity index (χ2v) is 9.34. The molecule has 0 aliphatic rings. The number of rotatable bonds is 13. The first-order valence-corrected chi connectivity index (χ1v) is 11.7. The van der Waals surface area contributed by atoms with Gasteiger partial charge in [-0.3, -0.25) is 0 Å². The van der Waals surface area contributed by atoms with Crippen LogP contribution in [-0.2, 0) is 11.8 Å². The first-order valence-electron chi connectivity index (χ1n) is 11.7. The fraction of sp³-hybridized carbons (Fsp3) is 0.556. The van der Waals surface area contributed by atoms with Crippen molar-refractivity contribution in [3.8, 4) is 17.2 Å². The maximum absolute atomic E-state index is 9.68. The van der Waals surface area contributed by atoms with Crippen LogP contribution >= 0.6 is 0 Å². The van der Waals surface area contributed by atoms with Crippen molar-refractivity contribution < 1.29 is 29.5 Å². The molecular formula is C27H40O6. The van der Waals surface area contributed by atoms with Crippen LogP contribution in [0.1, 0.15) is 64.7 Å². The zero-order valence-corrected chi connectivity index (χ0v) is 20.8. The number of benzene rings is 2. The van der Waals surface area contributed by atoms with Gasteiger partial charge < -0.3 is 29.5 Å². The van der Waals surface area contributed by atoms with Gasteiger partial charge in [0.2, 0.25) is 0 Å². The van der Waals surface area contributed by atoms with E-state index >= 15 is 0 Å². The second kappa shape index (κ2) is 12.3. The van der Waals surface area contributed by atoms with Gasteiger partial charge in [0.15, 0.2) is 11.5 Å². The van der Waals surface area contributed by atoms with E-state index in [4.69, 9.17) is 14.2 Å². The monoisotopic (exact) mass is 460 g/mol. The second-order valence-electron chi connectivity index (χ2n) is 9.34. The van der Waals surface area contributed by atoms with E-state index < -0.39 is 18.3 Å². The fourth-order valence-corrected chi connectivity index (χ4v) is 3.50. The van der Waals surface area contributed by atoms with Gasteiger partial charge in [-0.05, 0) is 62.1 Å². The van der Waals surface area contributed by atoms with E-state index in [1.54, 1.807) is 20.8 Å². The molecule has 0 saturated carbocycles. The molecule has 3 unspecified atom stereocenters. The van der Waals surface area contributed by atoms with Crippen LogP contribution in [0, 0.1) is 0 Å². The van der Waals surface area contributed by atoms with Gasteiger partial charge >= 0.3 is 0 Å². The molecule has 0 amide bonds. The predicted molar refractivity (Wildman–Crippen MR) is 131 cm³/mol. The standard InChI is InChI=1S/C27H40O6/c1-7-8-21-13-22(9-11-24(21)31-15-18(2)28)27(5,6)23-10-12-25(32-16-19(3)29)26(14-23)33-17-20(4)30/h9-14,18-20,28-30H,7-8,15-17H2,1-6H3. The summed E-state index contributed by atoms with van der Waals surface area (Å²) >= 11 is 0. The number of aryl methyl sites for hydroxylation is 1. The molecule has 0 radical (unpaired) electrons. The van der Waals surface area contributed by atoms with Gasteiger partial charge in [0.25, 0.3) is 0 Å². The van der Waals surface area contributed by atoms with Crippen molar-refractivity contribution in [1.29, 1.82) is 0 Å². The molecule has 3 atom stereocenters. The summed E-state index contributed by atoms with van der Waals surface area (Å²) in [4.78, 5) is 0. The Balaban J connectivity index is 2.40. The molecule has 0 aliphatic heterocycles. The molecule has 0 aromatic heterocycles. The van der Waals surface area contributed by atoms with Gasteiger partial charge in [0.1, 0.15) is 25.6 Å². The summed E-state index contributed by atoms with van der Waals surface area (Å²) in [6, 6.07) is 12.0. The van der Waals surface area contributed by atoms with Crippen LogP contribution in [0.15, 0.2) is 36.4 Å². The van der Waals surface area contributed by atoms with Crippen LogP contribution in [0.4, 0.5) is 0 Å². The Labute approximate surface area is 198 Å². The lowest BCUT2D eigenvalue weighted by atomic mass is 9.77. The number of hydrogen-bond acceptors (Lipinski definition) is 6. The van der Waals surface area contributed by atoms with Gasteiger partial charge in [-0.25, -0.2) is 0 Å². The fourth-order valence-electron chi connectivity index (χ4n) is 3.50. The van der Waals surface area contributed by atoms with Gasteiger partial charge in [-0.2, -0.15) is 0 Å². The molecule has 2 aromatic carbocycles. The van der Waals surface area contributed by atoms with Crippen LogP contribution < -0.4 is 14.2 Å². The van der Waals surface area contributed by atoms with Crippen molar-refractivity contribution in [3.05, 3.63) is 53.1 Å². The van der Waals surface area contributed by atoms with Crippen LogP contribution in [0.5, 0.6) is 17.2 Å². The average Bonchev–Trinajstić information content (AvgIpc) is 2.75. The number of aliphatic hydroxyl groups excluding tert-OH is 3. The average molecular weight is 461 g/mol. The zero-order chi connectivity index (χ0) is 24.6. The Hall–Kier alpha value is -2.28. The number of ether oxygens (including phenoxy) is 3. The van der Waals surface area contributed by atoms with Crippen LogP contribution in [0.3, 0.4) is 0 Å². The highest BCUT2D eigenvalue weighted by atomic mass is 16.5. The molecule has 6 nitrogen and oxygen atoms in total. The molecule has 0 fully saturated rings. The third-order valence-corrected chi connectivity index (χ3v) is 5.41. The quantitative estimate of drug-likeness (QED) is 0.414. The molecular weight excluding hydrogens is 420 g/mol. The van der Waals surface area contributed by atoms with Gasteiger partial charge in [-0.1, -0.05) is 45.4 Å². The van der Waals surface area contributed by atoms with E-state index in [2.05, 4.69) is 32.9 Å². The van der Waals surface area contributed by atoms with Crippen molar-refractivity contribution >= 4 is 0 Å². The Kier molecular flexibility index (Phi) is 10.0. The van der Waals surface area contributed by atoms with E-state index in [1.807, 2.05) is 24.3 Å². The molecule has 6 heteroatoms. The minimum atomic E-state index is -0.614. The van der Waals surface area contributed by atoms with Crippen molar-refractivity contribution in [3.63, 3.8) is 0 Å². The van der Waals surface area contributed by atoms with Crippen molar-refractivity contribution in [2.45, 2.75) is 78.1 Å². The Bertz CT molecular complexity index is 873. The van der Waals surface area contributed by atoms with E-state index in [-0.39, 0.29) is 25.2 Å². The van der Waals surface area contributed by atoms with E-state index in [0.717, 1.165) is 35.3 Å². The highest BCUT2D eigenvalue weighted by Gasteiger charge is 2.26. The SMILES string of the molecule is CCCc1cc(C(C)(C)c2ccc(OCC(C)O)c(OCC(C)O)c2)ccc1OCC(C)O. The molecule has 184 valence electrons. The largest absolute Gasteiger partial charge is 0.491 e. The zero-order valence-electron chi connectivity index (χ0n) is 20.8. The topological polar surface area (TPSA) is 88.4 Å². The third-order valence-electron chi connectivity index (χ3n) is 5.41. The molecule has 2 rings (SSSR count). The molecule has 0 bridgehead atoms. The molecule has 0 saturated heterocycles. The summed E-state index contributed by atoms with van der Waals surface area (Å²) in [5.41, 5.74) is 2.95. The highest BCUT2D eigenvalue weighted by molar-refractivity contribution is 5.50. The maximum atomic E-state index is 9.68. The minimum Gasteiger partial charge on any atom is -0.491 e. The van der Waals surface area contributed by atoms with Crippen molar-refractivity contribution in [2.75, 3.05) is 19.8 Å². The first-order chi connectivity index (χ1) is 15.5. The smallest absolute Gasteiger partial charge is 0.161 e. The Morgan fingerprint density at radius 3 is 1.67 bits per heavy atom. The first kappa shape index (κ1) is 27.0. The predicted octanol–water partition coefficient (Wildman–Crippen LogP) is 4.24. The van der Waals surface area contributed by atoms with Gasteiger partial charge in [0.05, 0.1) is 18.3 Å². The molecule has 3 N–H and O–H groups in total. The molecule has 0 aliphatic carbocycles. The molecule has 33 heavy (non-hydrogen) atoms. The summed E-state index contributed by atoms with van der Waals surface area (Å²) < 4.78 is 17.4. The van der Waals surface area contributed by atoms with E-state index in [0.29, 0.717) is 11.5 Å². The Morgan fingerprint density at radius 2 is 1.15 bits per heavy atom. The van der Waals surface area contributed by atoms with Crippen LogP contribution in [-0.4, -0.2) is 53.5 Å². The summed E-state index contributed by atoms with van der Waals surface area (Å²) in [5.74, 6) is 1.87. The van der Waals surface area contributed by atoms with Gasteiger partial charge in [-0.15, -0.1) is 0 Å². The maximum Gasteiger partial charge on any atom is 0.161 e. The summed E-state index contributed by atoms with van der Waals surface area (Å²) in [6.45, 7) is 12.0. The van der Waals surface area contributed by atoms with Crippen LogP contribution in [0.25, 0.3) is 0 Å². The van der Waals surface area contributed by atoms with E-state index in [1.165, 1.54) is 0 Å². The normalized spacial score (nSPS) is 14.5. The Morgan fingerprint density at radius 1 is 0.697 bits per heavy atom. The number of aliphatic hydroxyl groups is 3.